The fourth-order valence-electron chi connectivity index (χ4n) is 5.02. The highest BCUT2D eigenvalue weighted by Gasteiger charge is 2.18. The molecule has 5 heterocycles. The Bertz CT molecular complexity index is 1780. The number of carbonyl (C=O) groups excluding carboxylic acids is 3. The summed E-state index contributed by atoms with van der Waals surface area (Å²) in [5, 5.41) is 6.68. The standard InChI is InChI=1S/C34H36N6O6/c1-5-44-32(41)21-10-25-18-36-19-27-12-23(34(43)46-7-3)15-31(40-27)30-14-22(33(42)45-6-2)11-26(39-30)17-35-16-24-8-20(4)9-28(37-24)29(13-21)38-25/h8-15,35-36H,5-7,16-19H2,1-4H3. The van der Waals surface area contributed by atoms with Crippen molar-refractivity contribution in [1.82, 2.24) is 30.6 Å². The van der Waals surface area contributed by atoms with Gasteiger partial charge in [-0.2, -0.15) is 0 Å². The summed E-state index contributed by atoms with van der Waals surface area (Å²) in [6.07, 6.45) is 0. The van der Waals surface area contributed by atoms with E-state index in [-0.39, 0.29) is 32.9 Å². The molecule has 12 nitrogen and oxygen atoms in total. The summed E-state index contributed by atoms with van der Waals surface area (Å²) in [6, 6.07) is 13.8. The fraction of sp³-hybridized carbons (Fsp3) is 0.324. The Hall–Kier alpha value is -5.07. The van der Waals surface area contributed by atoms with Crippen molar-refractivity contribution in [2.75, 3.05) is 19.8 Å². The summed E-state index contributed by atoms with van der Waals surface area (Å²) in [7, 11) is 0. The van der Waals surface area contributed by atoms with Gasteiger partial charge in [0.25, 0.3) is 0 Å². The maximum Gasteiger partial charge on any atom is 0.338 e. The molecule has 1 aliphatic rings. The number of aryl methyl sites for hydroxylation is 1. The number of pyridine rings is 4. The monoisotopic (exact) mass is 624 g/mol. The van der Waals surface area contributed by atoms with Crippen LogP contribution < -0.4 is 10.6 Å². The van der Waals surface area contributed by atoms with Gasteiger partial charge in [0, 0.05) is 26.2 Å². The molecular weight excluding hydrogens is 588 g/mol. The molecule has 8 bridgehead atoms. The average Bonchev–Trinajstić information content (AvgIpc) is 3.04. The number of aromatic nitrogens is 4. The lowest BCUT2D eigenvalue weighted by molar-refractivity contribution is 0.0516. The lowest BCUT2D eigenvalue weighted by atomic mass is 10.1. The molecule has 238 valence electrons. The van der Waals surface area contributed by atoms with Gasteiger partial charge in [-0.25, -0.2) is 34.3 Å². The zero-order valence-corrected chi connectivity index (χ0v) is 26.3. The highest BCUT2D eigenvalue weighted by molar-refractivity contribution is 5.92. The van der Waals surface area contributed by atoms with E-state index in [4.69, 9.17) is 34.1 Å². The molecule has 1 aliphatic heterocycles. The summed E-state index contributed by atoms with van der Waals surface area (Å²) >= 11 is 0. The Labute approximate surface area is 267 Å². The van der Waals surface area contributed by atoms with Crippen LogP contribution in [-0.2, 0) is 40.4 Å². The minimum absolute atomic E-state index is 0.206. The molecular formula is C34H36N6O6. The molecule has 0 aromatic carbocycles. The van der Waals surface area contributed by atoms with Gasteiger partial charge in [-0.3, -0.25) is 0 Å². The lowest BCUT2D eigenvalue weighted by Crippen LogP contribution is -2.18. The number of rotatable bonds is 6. The molecule has 46 heavy (non-hydrogen) atoms. The van der Waals surface area contributed by atoms with Gasteiger partial charge in [0.1, 0.15) is 0 Å². The molecule has 0 aliphatic carbocycles. The molecule has 0 radical (unpaired) electrons. The number of hydrogen-bond acceptors (Lipinski definition) is 12. The second-order valence-corrected chi connectivity index (χ2v) is 10.6. The molecule has 12 heteroatoms. The molecule has 5 rings (SSSR count). The van der Waals surface area contributed by atoms with Crippen molar-refractivity contribution in [3.8, 4) is 22.8 Å². The van der Waals surface area contributed by atoms with Crippen LogP contribution in [0, 0.1) is 6.92 Å². The van der Waals surface area contributed by atoms with Crippen LogP contribution in [0.25, 0.3) is 22.8 Å². The van der Waals surface area contributed by atoms with Gasteiger partial charge < -0.3 is 24.8 Å². The van der Waals surface area contributed by atoms with Gasteiger partial charge >= 0.3 is 17.9 Å². The number of nitrogens with zero attached hydrogens (tertiary/aromatic N) is 4. The third kappa shape index (κ3) is 7.95. The second kappa shape index (κ2) is 14.8. The van der Waals surface area contributed by atoms with Crippen molar-refractivity contribution >= 4 is 17.9 Å². The van der Waals surface area contributed by atoms with E-state index >= 15 is 0 Å². The smallest absolute Gasteiger partial charge is 0.338 e. The van der Waals surface area contributed by atoms with Gasteiger partial charge in [0.05, 0.1) is 82.1 Å². The van der Waals surface area contributed by atoms with Crippen molar-refractivity contribution in [2.24, 2.45) is 0 Å². The molecule has 4 aromatic rings. The van der Waals surface area contributed by atoms with E-state index in [1.165, 1.54) is 0 Å². The lowest BCUT2D eigenvalue weighted by Gasteiger charge is -2.14. The largest absolute Gasteiger partial charge is 0.462 e. The molecule has 2 N–H and O–H groups in total. The number of fused-ring (bicyclic) bond motifs is 10. The number of carbonyl (C=O) groups is 3. The van der Waals surface area contributed by atoms with Gasteiger partial charge in [0.15, 0.2) is 0 Å². The summed E-state index contributed by atoms with van der Waals surface area (Å²) in [6.45, 7) is 9.10. The number of hydrogen-bond donors (Lipinski definition) is 2. The quantitative estimate of drug-likeness (QED) is 0.232. The minimum Gasteiger partial charge on any atom is -0.462 e. The van der Waals surface area contributed by atoms with Crippen LogP contribution in [0.5, 0.6) is 0 Å². The van der Waals surface area contributed by atoms with Crippen LogP contribution in [0.4, 0.5) is 0 Å². The average molecular weight is 625 g/mol. The topological polar surface area (TPSA) is 155 Å². The van der Waals surface area contributed by atoms with E-state index in [1.54, 1.807) is 57.2 Å². The first-order valence-electron chi connectivity index (χ1n) is 15.2. The van der Waals surface area contributed by atoms with Crippen molar-refractivity contribution in [1.29, 1.82) is 0 Å². The van der Waals surface area contributed by atoms with Crippen LogP contribution in [0.3, 0.4) is 0 Å². The Balaban J connectivity index is 1.62. The zero-order valence-electron chi connectivity index (χ0n) is 26.3. The summed E-state index contributed by atoms with van der Waals surface area (Å²) in [5.74, 6) is -1.44. The van der Waals surface area contributed by atoms with Crippen molar-refractivity contribution in [3.63, 3.8) is 0 Å². The first-order chi connectivity index (χ1) is 22.3. The molecule has 0 saturated carbocycles. The maximum absolute atomic E-state index is 12.8. The highest BCUT2D eigenvalue weighted by Crippen LogP contribution is 2.23. The number of esters is 3. The molecule has 0 saturated heterocycles. The van der Waals surface area contributed by atoms with Gasteiger partial charge in [-0.05, 0) is 81.8 Å². The Morgan fingerprint density at radius 1 is 0.522 bits per heavy atom. The van der Waals surface area contributed by atoms with E-state index in [0.717, 1.165) is 11.3 Å². The predicted octanol–water partition coefficient (Wildman–Crippen LogP) is 4.33. The zero-order chi connectivity index (χ0) is 32.6. The SMILES string of the molecule is CCOC(=O)c1cc2nc(c1)-c1cc(C)cc(n1)CNCc1cc(C(=O)OCC)cc(n1)-c1cc(C(=O)OCC)cc(n1)CNC2. The van der Waals surface area contributed by atoms with E-state index < -0.39 is 17.9 Å². The highest BCUT2D eigenvalue weighted by atomic mass is 16.5. The van der Waals surface area contributed by atoms with Crippen LogP contribution >= 0.6 is 0 Å². The summed E-state index contributed by atoms with van der Waals surface area (Å²) in [5.41, 5.74) is 6.38. The first kappa shape index (κ1) is 32.3. The van der Waals surface area contributed by atoms with E-state index in [2.05, 4.69) is 10.6 Å². The Morgan fingerprint density at radius 3 is 1.15 bits per heavy atom. The van der Waals surface area contributed by atoms with E-state index in [1.807, 2.05) is 19.1 Å². The Morgan fingerprint density at radius 2 is 0.826 bits per heavy atom. The van der Waals surface area contributed by atoms with E-state index in [9.17, 15) is 14.4 Å². The molecule has 0 atom stereocenters. The summed E-state index contributed by atoms with van der Waals surface area (Å²) < 4.78 is 15.9. The fourth-order valence-corrected chi connectivity index (χ4v) is 5.02. The first-order valence-corrected chi connectivity index (χ1v) is 15.2. The third-order valence-corrected chi connectivity index (χ3v) is 6.94. The van der Waals surface area contributed by atoms with Gasteiger partial charge in [-0.15, -0.1) is 0 Å². The maximum atomic E-state index is 12.8. The van der Waals surface area contributed by atoms with Crippen molar-refractivity contribution in [2.45, 2.75) is 53.9 Å². The normalized spacial score (nSPS) is 12.8. The Kier molecular flexibility index (Phi) is 10.4. The number of ether oxygens (including phenoxy) is 3. The molecule has 0 amide bonds. The number of nitrogens with one attached hydrogen (secondary N) is 2. The van der Waals surface area contributed by atoms with Crippen LogP contribution in [0.1, 0.15) is 80.2 Å². The van der Waals surface area contributed by atoms with Crippen LogP contribution in [0.2, 0.25) is 0 Å². The molecule has 0 unspecified atom stereocenters. The second-order valence-electron chi connectivity index (χ2n) is 10.6. The predicted molar refractivity (Wildman–Crippen MR) is 169 cm³/mol. The molecule has 0 spiro atoms. The van der Waals surface area contributed by atoms with E-state index in [0.29, 0.717) is 69.6 Å². The molecule has 0 fully saturated rings. The van der Waals surface area contributed by atoms with Gasteiger partial charge in [-0.1, -0.05) is 0 Å². The third-order valence-electron chi connectivity index (χ3n) is 6.94. The van der Waals surface area contributed by atoms with Crippen LogP contribution in [0.15, 0.2) is 48.5 Å². The van der Waals surface area contributed by atoms with Crippen LogP contribution in [-0.4, -0.2) is 57.7 Å². The minimum atomic E-state index is -0.504. The van der Waals surface area contributed by atoms with Gasteiger partial charge in [0.2, 0.25) is 0 Å². The van der Waals surface area contributed by atoms with Crippen molar-refractivity contribution < 1.29 is 28.6 Å². The molecule has 4 aromatic heterocycles. The van der Waals surface area contributed by atoms with Crippen molar-refractivity contribution in [3.05, 3.63) is 93.6 Å². The summed E-state index contributed by atoms with van der Waals surface area (Å²) in [4.78, 5) is 57.7.